The van der Waals surface area contributed by atoms with E-state index in [1.54, 1.807) is 0 Å². The van der Waals surface area contributed by atoms with Crippen LogP contribution in [0, 0.1) is 0 Å². The predicted octanol–water partition coefficient (Wildman–Crippen LogP) is 3.99. The molecule has 1 aliphatic rings. The molecule has 0 spiro atoms. The Bertz CT molecular complexity index is 425. The number of likely N-dealkylation sites (tertiary alicyclic amines) is 1. The van der Waals surface area contributed by atoms with Gasteiger partial charge in [0.1, 0.15) is 0 Å². The molecule has 0 bridgehead atoms. The topological polar surface area (TPSA) is 29.3 Å². The van der Waals surface area contributed by atoms with Gasteiger partial charge in [-0.15, -0.1) is 0 Å². The van der Waals surface area contributed by atoms with Crippen LogP contribution in [0.15, 0.2) is 24.3 Å². The maximum atomic E-state index is 6.47. The highest BCUT2D eigenvalue weighted by Crippen LogP contribution is 2.37. The van der Waals surface area contributed by atoms with Gasteiger partial charge in [0.05, 0.1) is 6.04 Å². The molecular weight excluding hydrogens is 256 g/mol. The molecule has 1 aromatic rings. The Morgan fingerprint density at radius 2 is 1.89 bits per heavy atom. The van der Waals surface area contributed by atoms with E-state index in [0.29, 0.717) is 0 Å². The lowest BCUT2D eigenvalue weighted by Gasteiger charge is -2.43. The van der Waals surface area contributed by atoms with Gasteiger partial charge in [0.2, 0.25) is 0 Å². The largest absolute Gasteiger partial charge is 0.326 e. The molecule has 1 aromatic carbocycles. The zero-order chi connectivity index (χ0) is 14.0. The fourth-order valence-corrected chi connectivity index (χ4v) is 3.30. The summed E-state index contributed by atoms with van der Waals surface area (Å²) in [6.45, 7) is 7.87. The Labute approximate surface area is 121 Å². The minimum atomic E-state index is 0.103. The molecule has 2 nitrogen and oxygen atoms in total. The highest BCUT2D eigenvalue weighted by molar-refractivity contribution is 6.31. The molecule has 1 heterocycles. The number of hydrogen-bond donors (Lipinski definition) is 1. The monoisotopic (exact) mass is 280 g/mol. The number of halogens is 1. The second-order valence-corrected chi connectivity index (χ2v) is 6.90. The molecule has 0 radical (unpaired) electrons. The Kier molecular flexibility index (Phi) is 4.54. The van der Waals surface area contributed by atoms with Crippen LogP contribution >= 0.6 is 11.6 Å². The van der Waals surface area contributed by atoms with Crippen molar-refractivity contribution >= 4 is 11.6 Å². The molecule has 0 aliphatic carbocycles. The summed E-state index contributed by atoms with van der Waals surface area (Å²) in [6.07, 6.45) is 3.49. The number of benzene rings is 1. The fraction of sp³-hybridized carbons (Fsp3) is 0.625. The third-order valence-electron chi connectivity index (χ3n) is 4.01. The van der Waals surface area contributed by atoms with Crippen LogP contribution in [-0.2, 0) is 0 Å². The maximum Gasteiger partial charge on any atom is 0.0519 e. The molecule has 19 heavy (non-hydrogen) atoms. The standard InChI is InChI=1S/C16H25ClN2/c1-16(2,3)19-11-7-6-10-14(18)15(19)12-8-4-5-9-13(12)17/h4-5,8-9,14-15H,6-7,10-11,18H2,1-3H3. The minimum absolute atomic E-state index is 0.103. The van der Waals surface area contributed by atoms with E-state index in [0.717, 1.165) is 18.0 Å². The van der Waals surface area contributed by atoms with Gasteiger partial charge in [0, 0.05) is 16.6 Å². The molecule has 3 heteroatoms. The average molecular weight is 281 g/mol. The molecule has 2 rings (SSSR count). The molecule has 2 unspecified atom stereocenters. The van der Waals surface area contributed by atoms with Gasteiger partial charge in [-0.3, -0.25) is 4.90 Å². The minimum Gasteiger partial charge on any atom is -0.326 e. The number of rotatable bonds is 1. The van der Waals surface area contributed by atoms with Gasteiger partial charge in [-0.25, -0.2) is 0 Å². The lowest BCUT2D eigenvalue weighted by molar-refractivity contribution is 0.0756. The molecular formula is C16H25ClN2. The van der Waals surface area contributed by atoms with Gasteiger partial charge < -0.3 is 5.73 Å². The van der Waals surface area contributed by atoms with E-state index in [1.165, 1.54) is 18.4 Å². The summed E-state index contributed by atoms with van der Waals surface area (Å²) in [5.41, 5.74) is 7.74. The summed E-state index contributed by atoms with van der Waals surface area (Å²) < 4.78 is 0. The van der Waals surface area contributed by atoms with Crippen molar-refractivity contribution in [2.75, 3.05) is 6.54 Å². The highest BCUT2D eigenvalue weighted by atomic mass is 35.5. The van der Waals surface area contributed by atoms with E-state index in [1.807, 2.05) is 12.1 Å². The first-order chi connectivity index (χ1) is 8.91. The lowest BCUT2D eigenvalue weighted by Crippen LogP contribution is -2.49. The van der Waals surface area contributed by atoms with Crippen molar-refractivity contribution in [3.05, 3.63) is 34.9 Å². The van der Waals surface area contributed by atoms with Crippen LogP contribution in [0.4, 0.5) is 0 Å². The molecule has 1 aliphatic heterocycles. The SMILES string of the molecule is CC(C)(C)N1CCCCC(N)C1c1ccccc1Cl. The number of nitrogens with zero attached hydrogens (tertiary/aromatic N) is 1. The smallest absolute Gasteiger partial charge is 0.0519 e. The molecule has 2 N–H and O–H groups in total. The lowest BCUT2D eigenvalue weighted by atomic mass is 9.92. The van der Waals surface area contributed by atoms with Crippen LogP contribution in [0.5, 0.6) is 0 Å². The normalized spacial score (nSPS) is 26.2. The van der Waals surface area contributed by atoms with Gasteiger partial charge in [-0.05, 0) is 51.8 Å². The molecule has 0 saturated carbocycles. The highest BCUT2D eigenvalue weighted by Gasteiger charge is 2.35. The zero-order valence-corrected chi connectivity index (χ0v) is 13.0. The first kappa shape index (κ1) is 14.8. The second-order valence-electron chi connectivity index (χ2n) is 6.49. The van der Waals surface area contributed by atoms with Gasteiger partial charge in [0.15, 0.2) is 0 Å². The van der Waals surface area contributed by atoms with Crippen LogP contribution in [0.25, 0.3) is 0 Å². The second kappa shape index (κ2) is 5.82. The van der Waals surface area contributed by atoms with E-state index < -0.39 is 0 Å². The Hall–Kier alpha value is -0.570. The van der Waals surface area contributed by atoms with E-state index in [2.05, 4.69) is 37.8 Å². The summed E-state index contributed by atoms with van der Waals surface area (Å²) in [5, 5.41) is 0.833. The van der Waals surface area contributed by atoms with E-state index >= 15 is 0 Å². The van der Waals surface area contributed by atoms with E-state index in [4.69, 9.17) is 17.3 Å². The summed E-state index contributed by atoms with van der Waals surface area (Å²) in [7, 11) is 0. The quantitative estimate of drug-likeness (QED) is 0.843. The van der Waals surface area contributed by atoms with Crippen LogP contribution in [0.1, 0.15) is 51.6 Å². The summed E-state index contributed by atoms with van der Waals surface area (Å²) in [6, 6.07) is 8.50. The van der Waals surface area contributed by atoms with Crippen LogP contribution in [0.2, 0.25) is 5.02 Å². The van der Waals surface area contributed by atoms with Gasteiger partial charge >= 0.3 is 0 Å². The molecule has 0 amide bonds. The summed E-state index contributed by atoms with van der Waals surface area (Å²) in [5.74, 6) is 0. The molecule has 2 atom stereocenters. The average Bonchev–Trinajstić information content (AvgIpc) is 2.51. The Balaban J connectivity index is 2.43. The van der Waals surface area contributed by atoms with Crippen molar-refractivity contribution in [2.45, 2.75) is 57.7 Å². The van der Waals surface area contributed by atoms with Crippen LogP contribution in [-0.4, -0.2) is 23.0 Å². The van der Waals surface area contributed by atoms with Gasteiger partial charge in [0.25, 0.3) is 0 Å². The van der Waals surface area contributed by atoms with Gasteiger partial charge in [-0.2, -0.15) is 0 Å². The van der Waals surface area contributed by atoms with E-state index in [-0.39, 0.29) is 17.6 Å². The Morgan fingerprint density at radius 3 is 2.53 bits per heavy atom. The number of hydrogen-bond acceptors (Lipinski definition) is 2. The maximum absolute atomic E-state index is 6.47. The van der Waals surface area contributed by atoms with Crippen molar-refractivity contribution in [1.82, 2.24) is 4.90 Å². The van der Waals surface area contributed by atoms with Crippen molar-refractivity contribution in [2.24, 2.45) is 5.73 Å². The Morgan fingerprint density at radius 1 is 1.21 bits per heavy atom. The first-order valence-electron chi connectivity index (χ1n) is 7.18. The molecule has 106 valence electrons. The zero-order valence-electron chi connectivity index (χ0n) is 12.2. The fourth-order valence-electron chi connectivity index (χ4n) is 3.06. The third kappa shape index (κ3) is 3.31. The van der Waals surface area contributed by atoms with E-state index in [9.17, 15) is 0 Å². The van der Waals surface area contributed by atoms with Crippen molar-refractivity contribution in [3.63, 3.8) is 0 Å². The van der Waals surface area contributed by atoms with Gasteiger partial charge in [-0.1, -0.05) is 36.2 Å². The van der Waals surface area contributed by atoms with Crippen LogP contribution < -0.4 is 5.73 Å². The third-order valence-corrected chi connectivity index (χ3v) is 4.36. The van der Waals surface area contributed by atoms with Crippen LogP contribution in [0.3, 0.4) is 0 Å². The molecule has 1 fully saturated rings. The number of nitrogens with two attached hydrogens (primary N) is 1. The summed E-state index contributed by atoms with van der Waals surface area (Å²) in [4.78, 5) is 2.52. The van der Waals surface area contributed by atoms with Crippen molar-refractivity contribution in [1.29, 1.82) is 0 Å². The predicted molar refractivity (Wildman–Crippen MR) is 82.5 cm³/mol. The summed E-state index contributed by atoms with van der Waals surface area (Å²) >= 11 is 6.41. The molecule has 0 aromatic heterocycles. The van der Waals surface area contributed by atoms with Crippen molar-refractivity contribution in [3.8, 4) is 0 Å². The van der Waals surface area contributed by atoms with Crippen molar-refractivity contribution < 1.29 is 0 Å². The first-order valence-corrected chi connectivity index (χ1v) is 7.56. The molecule has 1 saturated heterocycles.